The molecule has 2 aliphatic heterocycles. The highest BCUT2D eigenvalue weighted by molar-refractivity contribution is 8.00. The minimum Gasteiger partial charge on any atom is -0.372 e. The molecule has 0 aromatic rings. The fourth-order valence-corrected chi connectivity index (χ4v) is 4.33. The first-order valence-electron chi connectivity index (χ1n) is 8.37. The van der Waals surface area contributed by atoms with Gasteiger partial charge in [0.05, 0.1) is 12.2 Å². The number of hydrogen-bond donors (Lipinski definition) is 1. The van der Waals surface area contributed by atoms with E-state index in [2.05, 4.69) is 42.7 Å². The molecule has 1 N–H and O–H groups in total. The third-order valence-electron chi connectivity index (χ3n) is 4.26. The molecule has 0 spiro atoms. The van der Waals surface area contributed by atoms with Crippen molar-refractivity contribution in [3.05, 3.63) is 0 Å². The van der Waals surface area contributed by atoms with E-state index in [1.165, 1.54) is 38.1 Å². The molecule has 2 saturated heterocycles. The van der Waals surface area contributed by atoms with Crippen LogP contribution in [0.3, 0.4) is 0 Å². The molecule has 3 unspecified atom stereocenters. The molecule has 2 fully saturated rings. The van der Waals surface area contributed by atoms with E-state index in [0.29, 0.717) is 12.2 Å². The lowest BCUT2D eigenvalue weighted by Gasteiger charge is -2.33. The molecule has 0 bridgehead atoms. The van der Waals surface area contributed by atoms with Crippen molar-refractivity contribution in [1.29, 1.82) is 0 Å². The van der Waals surface area contributed by atoms with Gasteiger partial charge < -0.3 is 10.1 Å². The van der Waals surface area contributed by atoms with Gasteiger partial charge in [0.2, 0.25) is 0 Å². The second-order valence-electron chi connectivity index (χ2n) is 6.67. The average molecular weight is 301 g/mol. The minimum absolute atomic E-state index is 0.444. The molecular formula is C16H32N2OS. The molecule has 118 valence electrons. The zero-order chi connectivity index (χ0) is 14.4. The summed E-state index contributed by atoms with van der Waals surface area (Å²) in [4.78, 5) is 2.62. The Morgan fingerprint density at radius 3 is 2.85 bits per heavy atom. The summed E-state index contributed by atoms with van der Waals surface area (Å²) in [6, 6.07) is 0. The first-order valence-corrected chi connectivity index (χ1v) is 9.42. The molecule has 20 heavy (non-hydrogen) atoms. The van der Waals surface area contributed by atoms with Crippen LogP contribution in [-0.2, 0) is 4.74 Å². The molecule has 3 atom stereocenters. The molecule has 0 amide bonds. The van der Waals surface area contributed by atoms with Crippen molar-refractivity contribution in [3.8, 4) is 0 Å². The zero-order valence-electron chi connectivity index (χ0n) is 13.4. The van der Waals surface area contributed by atoms with Crippen molar-refractivity contribution in [3.63, 3.8) is 0 Å². The van der Waals surface area contributed by atoms with Crippen LogP contribution in [0, 0.1) is 5.92 Å². The van der Waals surface area contributed by atoms with Crippen molar-refractivity contribution < 1.29 is 4.74 Å². The largest absolute Gasteiger partial charge is 0.372 e. The van der Waals surface area contributed by atoms with Gasteiger partial charge in [-0.15, -0.1) is 0 Å². The molecule has 0 aliphatic carbocycles. The summed E-state index contributed by atoms with van der Waals surface area (Å²) >= 11 is 2.15. The fourth-order valence-electron chi connectivity index (χ4n) is 3.08. The molecule has 3 nitrogen and oxygen atoms in total. The predicted molar refractivity (Wildman–Crippen MR) is 88.6 cm³/mol. The highest BCUT2D eigenvalue weighted by Gasteiger charge is 2.28. The van der Waals surface area contributed by atoms with Crippen LogP contribution in [0.1, 0.15) is 40.0 Å². The van der Waals surface area contributed by atoms with Gasteiger partial charge in [-0.2, -0.15) is 11.8 Å². The van der Waals surface area contributed by atoms with Crippen molar-refractivity contribution in [2.75, 3.05) is 38.5 Å². The molecule has 4 heteroatoms. The molecular weight excluding hydrogens is 268 g/mol. The van der Waals surface area contributed by atoms with Crippen molar-refractivity contribution in [2.45, 2.75) is 57.5 Å². The average Bonchev–Trinajstić information content (AvgIpc) is 2.86. The van der Waals surface area contributed by atoms with Gasteiger partial charge in [-0.3, -0.25) is 4.90 Å². The van der Waals surface area contributed by atoms with Gasteiger partial charge in [0.25, 0.3) is 0 Å². The summed E-state index contributed by atoms with van der Waals surface area (Å²) in [6.45, 7) is 12.6. The fraction of sp³-hybridized carbons (Fsp3) is 1.00. The molecule has 2 aliphatic rings. The monoisotopic (exact) mass is 300 g/mol. The predicted octanol–water partition coefficient (Wildman–Crippen LogP) is 2.61. The van der Waals surface area contributed by atoms with Crippen LogP contribution in [0.2, 0.25) is 0 Å². The Labute approximate surface area is 129 Å². The van der Waals surface area contributed by atoms with Gasteiger partial charge in [0.15, 0.2) is 0 Å². The smallest absolute Gasteiger partial charge is 0.0707 e. The van der Waals surface area contributed by atoms with Crippen LogP contribution < -0.4 is 5.32 Å². The SMILES string of the molecule is CCC1CN(CC2CCC(CNCC(C)C)O2)CCS1. The van der Waals surface area contributed by atoms with E-state index in [-0.39, 0.29) is 0 Å². The summed E-state index contributed by atoms with van der Waals surface area (Å²) in [5, 5.41) is 4.37. The van der Waals surface area contributed by atoms with Gasteiger partial charge in [0, 0.05) is 37.2 Å². The highest BCUT2D eigenvalue weighted by Crippen LogP contribution is 2.24. The Hall–Kier alpha value is 0.230. The quantitative estimate of drug-likeness (QED) is 0.781. The number of ether oxygens (including phenoxy) is 1. The summed E-state index contributed by atoms with van der Waals surface area (Å²) in [6.07, 6.45) is 4.69. The van der Waals surface area contributed by atoms with Crippen LogP contribution in [-0.4, -0.2) is 60.8 Å². The van der Waals surface area contributed by atoms with E-state index in [9.17, 15) is 0 Å². The number of thioether (sulfide) groups is 1. The Morgan fingerprint density at radius 1 is 1.30 bits per heavy atom. The van der Waals surface area contributed by atoms with Crippen molar-refractivity contribution in [1.82, 2.24) is 10.2 Å². The minimum atomic E-state index is 0.444. The van der Waals surface area contributed by atoms with Crippen LogP contribution >= 0.6 is 11.8 Å². The van der Waals surface area contributed by atoms with Crippen LogP contribution in [0.15, 0.2) is 0 Å². The van der Waals surface area contributed by atoms with Crippen LogP contribution in [0.4, 0.5) is 0 Å². The van der Waals surface area contributed by atoms with Gasteiger partial charge in [-0.1, -0.05) is 20.8 Å². The number of hydrogen-bond acceptors (Lipinski definition) is 4. The number of rotatable bonds is 7. The Bertz CT molecular complexity index is 275. The molecule has 0 saturated carbocycles. The maximum atomic E-state index is 6.20. The molecule has 0 radical (unpaired) electrons. The summed E-state index contributed by atoms with van der Waals surface area (Å²) < 4.78 is 6.20. The Kier molecular flexibility index (Phi) is 7.15. The third kappa shape index (κ3) is 5.55. The molecule has 0 aromatic heterocycles. The number of nitrogens with zero attached hydrogens (tertiary/aromatic N) is 1. The Morgan fingerprint density at radius 2 is 2.10 bits per heavy atom. The maximum absolute atomic E-state index is 6.20. The van der Waals surface area contributed by atoms with E-state index >= 15 is 0 Å². The second kappa shape index (κ2) is 8.62. The van der Waals surface area contributed by atoms with E-state index < -0.39 is 0 Å². The summed E-state index contributed by atoms with van der Waals surface area (Å²) in [5.74, 6) is 2.02. The lowest BCUT2D eigenvalue weighted by atomic mass is 10.1. The third-order valence-corrected chi connectivity index (χ3v) is 5.63. The van der Waals surface area contributed by atoms with E-state index in [4.69, 9.17) is 4.74 Å². The maximum Gasteiger partial charge on any atom is 0.0707 e. The van der Waals surface area contributed by atoms with E-state index in [1.807, 2.05) is 0 Å². The number of nitrogens with one attached hydrogen (secondary N) is 1. The lowest BCUT2D eigenvalue weighted by Crippen LogP contribution is -2.42. The van der Waals surface area contributed by atoms with Gasteiger partial charge in [-0.25, -0.2) is 0 Å². The first kappa shape index (κ1) is 16.6. The first-order chi connectivity index (χ1) is 9.67. The van der Waals surface area contributed by atoms with Gasteiger partial charge in [0.1, 0.15) is 0 Å². The van der Waals surface area contributed by atoms with Crippen LogP contribution in [0.25, 0.3) is 0 Å². The van der Waals surface area contributed by atoms with Crippen LogP contribution in [0.5, 0.6) is 0 Å². The zero-order valence-corrected chi connectivity index (χ0v) is 14.3. The van der Waals surface area contributed by atoms with E-state index in [1.54, 1.807) is 0 Å². The molecule has 2 heterocycles. The van der Waals surface area contributed by atoms with E-state index in [0.717, 1.165) is 30.8 Å². The Balaban J connectivity index is 1.63. The second-order valence-corrected chi connectivity index (χ2v) is 8.08. The topological polar surface area (TPSA) is 24.5 Å². The standard InChI is InChI=1S/C16H32N2OS/c1-4-16-12-18(7-8-20-16)11-15-6-5-14(19-15)10-17-9-13(2)3/h13-17H,4-12H2,1-3H3. The lowest BCUT2D eigenvalue weighted by molar-refractivity contribution is 0.0237. The van der Waals surface area contributed by atoms with Crippen molar-refractivity contribution in [2.24, 2.45) is 5.92 Å². The summed E-state index contributed by atoms with van der Waals surface area (Å²) in [5.41, 5.74) is 0. The van der Waals surface area contributed by atoms with Crippen molar-refractivity contribution >= 4 is 11.8 Å². The highest BCUT2D eigenvalue weighted by atomic mass is 32.2. The normalized spacial score (nSPS) is 32.1. The molecule has 2 rings (SSSR count). The van der Waals surface area contributed by atoms with Gasteiger partial charge >= 0.3 is 0 Å². The summed E-state index contributed by atoms with van der Waals surface area (Å²) in [7, 11) is 0. The van der Waals surface area contributed by atoms with Gasteiger partial charge in [-0.05, 0) is 31.7 Å². The molecule has 0 aromatic carbocycles.